The first kappa shape index (κ1) is 39.3. The molecule has 2 aliphatic heterocycles. The Balaban J connectivity index is 1.35. The van der Waals surface area contributed by atoms with Crippen LogP contribution in [0.2, 0.25) is 0 Å². The van der Waals surface area contributed by atoms with Crippen LogP contribution >= 0.6 is 0 Å². The van der Waals surface area contributed by atoms with Gasteiger partial charge < -0.3 is 29.7 Å². The minimum Gasteiger partial charge on any atom is -0.497 e. The number of benzene rings is 1. The van der Waals surface area contributed by atoms with Crippen LogP contribution in [0.4, 0.5) is 4.79 Å². The summed E-state index contributed by atoms with van der Waals surface area (Å²) in [7, 11) is -2.42. The van der Waals surface area contributed by atoms with Gasteiger partial charge in [-0.3, -0.25) is 19.1 Å². The average molecular weight is 768 g/mol. The van der Waals surface area contributed by atoms with E-state index in [4.69, 9.17) is 14.2 Å². The van der Waals surface area contributed by atoms with Crippen molar-refractivity contribution in [1.29, 1.82) is 0 Å². The average Bonchev–Trinajstić information content (AvgIpc) is 3.97. The van der Waals surface area contributed by atoms with Crippen molar-refractivity contribution < 1.29 is 41.8 Å². The van der Waals surface area contributed by atoms with Crippen molar-refractivity contribution in [1.82, 2.24) is 25.2 Å². The summed E-state index contributed by atoms with van der Waals surface area (Å²) in [5, 5.41) is 7.24. The third-order valence-corrected chi connectivity index (χ3v) is 13.3. The lowest BCUT2D eigenvalue weighted by atomic mass is 9.88. The van der Waals surface area contributed by atoms with Crippen LogP contribution in [-0.2, 0) is 29.1 Å². The number of allylic oxidation sites excluding steroid dienone is 1. The highest BCUT2D eigenvalue weighted by molar-refractivity contribution is 7.91. The molecule has 7 atom stereocenters. The second kappa shape index (κ2) is 14.7. The Morgan fingerprint density at radius 2 is 1.83 bits per heavy atom. The van der Waals surface area contributed by atoms with Gasteiger partial charge in [0.25, 0.3) is 5.91 Å². The molecule has 54 heavy (non-hydrogen) atoms. The van der Waals surface area contributed by atoms with E-state index in [1.807, 2.05) is 37.3 Å². The number of fused-ring (bicyclic) bond motifs is 3. The molecule has 4 amide bonds. The highest BCUT2D eigenvalue weighted by atomic mass is 32.2. The second-order valence-corrected chi connectivity index (χ2v) is 19.0. The zero-order chi connectivity index (χ0) is 39.2. The first-order chi connectivity index (χ1) is 25.3. The number of methoxy groups -OCH3 is 1. The molecule has 1 aromatic carbocycles. The molecule has 15 heteroatoms. The quantitative estimate of drug-likeness (QED) is 0.342. The SMILES string of the molecule is COc1ccc2c(O[C@@H]3C[C@H]4C(=O)N[C@]5(C(=O)NS(=O)(=O)C6(C)CC6)C[C@H]5/C=C\CC[C@H](C)C[C@@H](C)[C@H](NC(=O)OC(C)(C)C)C(=O)N4C3)nccc2c1. The predicted molar refractivity (Wildman–Crippen MR) is 201 cm³/mol. The zero-order valence-corrected chi connectivity index (χ0v) is 33.0. The Hall–Kier alpha value is -4.40. The van der Waals surface area contributed by atoms with Crippen LogP contribution in [-0.4, -0.2) is 89.8 Å². The summed E-state index contributed by atoms with van der Waals surface area (Å²) >= 11 is 0. The third kappa shape index (κ3) is 8.30. The lowest BCUT2D eigenvalue weighted by Gasteiger charge is -2.33. The summed E-state index contributed by atoms with van der Waals surface area (Å²) in [6.07, 6.45) is 7.14. The van der Waals surface area contributed by atoms with E-state index in [0.717, 1.165) is 11.8 Å². The molecule has 294 valence electrons. The van der Waals surface area contributed by atoms with Crippen LogP contribution in [0, 0.1) is 17.8 Å². The molecule has 3 N–H and O–H groups in total. The van der Waals surface area contributed by atoms with Crippen molar-refractivity contribution in [2.24, 2.45) is 17.8 Å². The van der Waals surface area contributed by atoms with Crippen LogP contribution in [0.15, 0.2) is 42.6 Å². The van der Waals surface area contributed by atoms with E-state index < -0.39 is 73.8 Å². The van der Waals surface area contributed by atoms with E-state index in [-0.39, 0.29) is 31.2 Å². The number of nitrogens with one attached hydrogen (secondary N) is 3. The van der Waals surface area contributed by atoms with Crippen LogP contribution in [0.25, 0.3) is 10.8 Å². The van der Waals surface area contributed by atoms with Gasteiger partial charge in [0.2, 0.25) is 27.7 Å². The molecule has 0 spiro atoms. The number of carbonyl (C=O) groups is 4. The van der Waals surface area contributed by atoms with E-state index in [2.05, 4.69) is 27.3 Å². The maximum absolute atomic E-state index is 14.7. The molecule has 3 fully saturated rings. The highest BCUT2D eigenvalue weighted by Crippen LogP contribution is 2.47. The maximum atomic E-state index is 14.7. The molecule has 2 saturated carbocycles. The van der Waals surface area contributed by atoms with Gasteiger partial charge in [-0.2, -0.15) is 0 Å². The van der Waals surface area contributed by atoms with E-state index in [0.29, 0.717) is 42.7 Å². The summed E-state index contributed by atoms with van der Waals surface area (Å²) in [5.74, 6) is -1.58. The van der Waals surface area contributed by atoms with E-state index in [1.54, 1.807) is 47.1 Å². The summed E-state index contributed by atoms with van der Waals surface area (Å²) in [4.78, 5) is 62.1. The fourth-order valence-electron chi connectivity index (χ4n) is 7.54. The first-order valence-corrected chi connectivity index (χ1v) is 20.3. The molecule has 1 aromatic heterocycles. The second-order valence-electron chi connectivity index (χ2n) is 16.8. The molecule has 1 saturated heterocycles. The summed E-state index contributed by atoms with van der Waals surface area (Å²) < 4.78 is 44.9. The number of carbonyl (C=O) groups excluding carboxylic acids is 4. The standard InChI is InChI=1S/C39H53N5O9S/c1-23-10-8-9-11-26-21-39(26,35(47)43-54(49,50)38(6)15-16-38)42-32(45)30-20-28(52-33-29-13-12-27(51-7)19-25(29)14-17-40-33)22-44(30)34(46)31(24(2)18-23)41-36(48)53-37(3,4)5/h9,11-14,17,19,23-24,26,28,30-31H,8,10,15-16,18,20-22H2,1-7H3,(H,41,48)(H,42,45)(H,43,47)/b11-9-/t23-,24+,26+,28+,30-,31-,39+/m0/s1. The molecule has 14 nitrogen and oxygen atoms in total. The molecule has 0 unspecified atom stereocenters. The third-order valence-electron chi connectivity index (χ3n) is 11.1. The van der Waals surface area contributed by atoms with Gasteiger partial charge in [-0.15, -0.1) is 0 Å². The van der Waals surface area contributed by atoms with Crippen LogP contribution < -0.4 is 24.8 Å². The number of aromatic nitrogens is 1. The number of sulfonamides is 1. The van der Waals surface area contributed by atoms with Gasteiger partial charge in [0.05, 0.1) is 18.4 Å². The van der Waals surface area contributed by atoms with Crippen molar-refractivity contribution in [2.75, 3.05) is 13.7 Å². The summed E-state index contributed by atoms with van der Waals surface area (Å²) in [5.41, 5.74) is -2.34. The monoisotopic (exact) mass is 767 g/mol. The van der Waals surface area contributed by atoms with Crippen LogP contribution in [0.3, 0.4) is 0 Å². The molecular weight excluding hydrogens is 715 g/mol. The first-order valence-electron chi connectivity index (χ1n) is 18.8. The number of nitrogens with zero attached hydrogens (tertiary/aromatic N) is 2. The lowest BCUT2D eigenvalue weighted by molar-refractivity contribution is -0.142. The van der Waals surface area contributed by atoms with Gasteiger partial charge in [0.15, 0.2) is 0 Å². The molecule has 4 aliphatic rings. The number of ether oxygens (including phenoxy) is 3. The number of hydrogen-bond acceptors (Lipinski definition) is 10. The Morgan fingerprint density at radius 3 is 2.52 bits per heavy atom. The molecule has 2 aromatic rings. The predicted octanol–water partition coefficient (Wildman–Crippen LogP) is 4.37. The van der Waals surface area contributed by atoms with Gasteiger partial charge in [0, 0.05) is 23.9 Å². The van der Waals surface area contributed by atoms with Crippen LogP contribution in [0.1, 0.15) is 86.5 Å². The minimum absolute atomic E-state index is 0.0187. The van der Waals surface area contributed by atoms with Gasteiger partial charge in [-0.05, 0) is 108 Å². The number of hydrogen-bond donors (Lipinski definition) is 3. The summed E-state index contributed by atoms with van der Waals surface area (Å²) in [6.45, 7) is 10.7. The molecule has 0 radical (unpaired) electrons. The Bertz CT molecular complexity index is 1940. The minimum atomic E-state index is -3.99. The van der Waals surface area contributed by atoms with Crippen molar-refractivity contribution in [2.45, 2.75) is 121 Å². The molecule has 0 bridgehead atoms. The van der Waals surface area contributed by atoms with Gasteiger partial charge in [-0.25, -0.2) is 18.2 Å². The van der Waals surface area contributed by atoms with E-state index in [1.165, 1.54) is 4.90 Å². The molecule has 3 heterocycles. The van der Waals surface area contributed by atoms with Gasteiger partial charge in [-0.1, -0.05) is 26.0 Å². The lowest BCUT2D eigenvalue weighted by Crippen LogP contribution is -2.59. The fraction of sp³-hybridized carbons (Fsp3) is 0.615. The maximum Gasteiger partial charge on any atom is 0.408 e. The van der Waals surface area contributed by atoms with Gasteiger partial charge >= 0.3 is 6.09 Å². The summed E-state index contributed by atoms with van der Waals surface area (Å²) in [6, 6.07) is 5.12. The zero-order valence-electron chi connectivity index (χ0n) is 32.1. The van der Waals surface area contributed by atoms with Gasteiger partial charge in [0.1, 0.15) is 35.1 Å². The topological polar surface area (TPSA) is 182 Å². The van der Waals surface area contributed by atoms with Crippen molar-refractivity contribution in [3.8, 4) is 11.6 Å². The number of rotatable bonds is 7. The smallest absolute Gasteiger partial charge is 0.408 e. The van der Waals surface area contributed by atoms with E-state index >= 15 is 0 Å². The Kier molecular flexibility index (Phi) is 10.7. The van der Waals surface area contributed by atoms with Crippen molar-refractivity contribution in [3.63, 3.8) is 0 Å². The number of pyridine rings is 1. The van der Waals surface area contributed by atoms with Crippen molar-refractivity contribution in [3.05, 3.63) is 42.6 Å². The Morgan fingerprint density at radius 1 is 1.09 bits per heavy atom. The van der Waals surface area contributed by atoms with E-state index in [9.17, 15) is 27.6 Å². The molecular formula is C39H53N5O9S. The number of amides is 4. The molecule has 6 rings (SSSR count). The Labute approximate surface area is 317 Å². The molecule has 2 aliphatic carbocycles. The number of alkyl carbamates (subject to hydrolysis) is 1. The van der Waals surface area contributed by atoms with Crippen LogP contribution in [0.5, 0.6) is 11.6 Å². The fourth-order valence-corrected chi connectivity index (χ4v) is 8.85. The normalized spacial score (nSPS) is 30.4. The highest BCUT2D eigenvalue weighted by Gasteiger charge is 2.63. The largest absolute Gasteiger partial charge is 0.497 e. The van der Waals surface area contributed by atoms with Crippen molar-refractivity contribution >= 4 is 44.6 Å².